The SMILES string of the molecule is Cc1cc2c(NC(C)C(=O)N(C)C)nc(N)nc2s1. The topological polar surface area (TPSA) is 84.1 Å². The number of fused-ring (bicyclic) bond motifs is 1. The summed E-state index contributed by atoms with van der Waals surface area (Å²) in [6.07, 6.45) is 0. The third-order valence-electron chi connectivity index (χ3n) is 2.70. The number of likely N-dealkylation sites (N-methyl/N-ethyl adjacent to an activating group) is 1. The van der Waals surface area contributed by atoms with Crippen LogP contribution in [0.4, 0.5) is 11.8 Å². The minimum absolute atomic E-state index is 0.0164. The first-order valence-corrected chi connectivity index (χ1v) is 6.71. The number of hydrogen-bond donors (Lipinski definition) is 2. The Labute approximate surface area is 115 Å². The third-order valence-corrected chi connectivity index (χ3v) is 3.64. The van der Waals surface area contributed by atoms with Gasteiger partial charge in [-0.2, -0.15) is 4.98 Å². The molecule has 2 rings (SSSR count). The number of nitrogens with two attached hydrogens (primary N) is 1. The fourth-order valence-electron chi connectivity index (χ4n) is 1.82. The van der Waals surface area contributed by atoms with Crippen LogP contribution in [0.1, 0.15) is 11.8 Å². The lowest BCUT2D eigenvalue weighted by Gasteiger charge is -2.18. The van der Waals surface area contributed by atoms with Crippen molar-refractivity contribution in [3.05, 3.63) is 10.9 Å². The molecule has 0 saturated heterocycles. The second-order valence-corrected chi connectivity index (χ2v) is 5.84. The number of nitrogen functional groups attached to an aromatic ring is 1. The van der Waals surface area contributed by atoms with E-state index in [9.17, 15) is 4.79 Å². The predicted octanol–water partition coefficient (Wildman–Crippen LogP) is 1.47. The van der Waals surface area contributed by atoms with E-state index in [-0.39, 0.29) is 17.9 Å². The number of nitrogens with zero attached hydrogens (tertiary/aromatic N) is 3. The molecule has 2 aromatic rings. The molecular weight excluding hydrogens is 262 g/mol. The Hall–Kier alpha value is -1.89. The van der Waals surface area contributed by atoms with Crippen LogP contribution in [0.5, 0.6) is 0 Å². The van der Waals surface area contributed by atoms with Gasteiger partial charge in [-0.05, 0) is 19.9 Å². The van der Waals surface area contributed by atoms with Gasteiger partial charge in [0.05, 0.1) is 5.39 Å². The lowest BCUT2D eigenvalue weighted by molar-refractivity contribution is -0.129. The van der Waals surface area contributed by atoms with E-state index in [1.165, 1.54) is 4.90 Å². The van der Waals surface area contributed by atoms with E-state index < -0.39 is 0 Å². The van der Waals surface area contributed by atoms with Crippen molar-refractivity contribution in [2.45, 2.75) is 19.9 Å². The normalized spacial score (nSPS) is 12.4. The summed E-state index contributed by atoms with van der Waals surface area (Å²) in [4.78, 5) is 23.7. The van der Waals surface area contributed by atoms with Crippen LogP contribution in [0.3, 0.4) is 0 Å². The summed E-state index contributed by atoms with van der Waals surface area (Å²) in [6, 6.07) is 1.63. The molecule has 1 unspecified atom stereocenters. The lowest BCUT2D eigenvalue weighted by Crippen LogP contribution is -2.36. The maximum Gasteiger partial charge on any atom is 0.244 e. The first-order chi connectivity index (χ1) is 8.88. The second kappa shape index (κ2) is 5.00. The molecule has 19 heavy (non-hydrogen) atoms. The van der Waals surface area contributed by atoms with E-state index in [4.69, 9.17) is 5.73 Å². The molecule has 2 aromatic heterocycles. The largest absolute Gasteiger partial charge is 0.368 e. The Morgan fingerprint density at radius 3 is 2.79 bits per heavy atom. The van der Waals surface area contributed by atoms with Gasteiger partial charge < -0.3 is 16.0 Å². The van der Waals surface area contributed by atoms with E-state index in [2.05, 4.69) is 15.3 Å². The van der Waals surface area contributed by atoms with Crippen LogP contribution in [0.15, 0.2) is 6.07 Å². The summed E-state index contributed by atoms with van der Waals surface area (Å²) >= 11 is 1.56. The molecule has 0 bridgehead atoms. The van der Waals surface area contributed by atoms with Crippen molar-refractivity contribution in [1.82, 2.24) is 14.9 Å². The molecule has 1 atom stereocenters. The zero-order valence-corrected chi connectivity index (χ0v) is 12.2. The number of aromatic nitrogens is 2. The van der Waals surface area contributed by atoms with Crippen molar-refractivity contribution < 1.29 is 4.79 Å². The first-order valence-electron chi connectivity index (χ1n) is 5.90. The summed E-state index contributed by atoms with van der Waals surface area (Å²) in [5.74, 6) is 0.799. The highest BCUT2D eigenvalue weighted by atomic mass is 32.1. The number of aryl methyl sites for hydroxylation is 1. The number of hydrogen-bond acceptors (Lipinski definition) is 6. The van der Waals surface area contributed by atoms with Crippen LogP contribution in [0, 0.1) is 6.92 Å². The average molecular weight is 279 g/mol. The van der Waals surface area contributed by atoms with Crippen LogP contribution in [-0.2, 0) is 4.79 Å². The second-order valence-electron chi connectivity index (χ2n) is 4.60. The Morgan fingerprint density at radius 1 is 1.47 bits per heavy atom. The number of amides is 1. The summed E-state index contributed by atoms with van der Waals surface area (Å²) < 4.78 is 0. The average Bonchev–Trinajstić information content (AvgIpc) is 2.68. The van der Waals surface area contributed by atoms with E-state index in [0.717, 1.165) is 15.1 Å². The van der Waals surface area contributed by atoms with Crippen molar-refractivity contribution in [1.29, 1.82) is 0 Å². The van der Waals surface area contributed by atoms with E-state index in [0.29, 0.717) is 5.82 Å². The van der Waals surface area contributed by atoms with Gasteiger partial charge in [0.15, 0.2) is 0 Å². The molecule has 0 aliphatic rings. The third kappa shape index (κ3) is 2.76. The summed E-state index contributed by atoms with van der Waals surface area (Å²) in [6.45, 7) is 3.80. The van der Waals surface area contributed by atoms with Gasteiger partial charge in [-0.15, -0.1) is 11.3 Å². The van der Waals surface area contributed by atoms with Crippen LogP contribution in [0.2, 0.25) is 0 Å². The van der Waals surface area contributed by atoms with Crippen molar-refractivity contribution in [3.63, 3.8) is 0 Å². The fraction of sp³-hybridized carbons (Fsp3) is 0.417. The Morgan fingerprint density at radius 2 is 2.16 bits per heavy atom. The highest BCUT2D eigenvalue weighted by Crippen LogP contribution is 2.29. The molecule has 2 heterocycles. The summed E-state index contributed by atoms with van der Waals surface area (Å²) in [5.41, 5.74) is 5.69. The van der Waals surface area contributed by atoms with Crippen LogP contribution >= 0.6 is 11.3 Å². The molecular formula is C12H17N5OS. The van der Waals surface area contributed by atoms with Gasteiger partial charge in [0.2, 0.25) is 11.9 Å². The minimum atomic E-state index is -0.368. The molecule has 6 nitrogen and oxygen atoms in total. The maximum absolute atomic E-state index is 11.9. The van der Waals surface area contributed by atoms with Crippen molar-refractivity contribution in [3.8, 4) is 0 Å². The van der Waals surface area contributed by atoms with Crippen molar-refractivity contribution >= 4 is 39.2 Å². The molecule has 0 spiro atoms. The zero-order chi connectivity index (χ0) is 14.2. The first kappa shape index (κ1) is 13.5. The Balaban J connectivity index is 2.37. The summed E-state index contributed by atoms with van der Waals surface area (Å²) in [7, 11) is 3.44. The minimum Gasteiger partial charge on any atom is -0.368 e. The number of carbonyl (C=O) groups excluding carboxylic acids is 1. The molecule has 0 aliphatic heterocycles. The molecule has 0 fully saturated rings. The van der Waals surface area contributed by atoms with Gasteiger partial charge in [-0.3, -0.25) is 4.79 Å². The van der Waals surface area contributed by atoms with Crippen LogP contribution in [-0.4, -0.2) is 40.9 Å². The number of nitrogens with one attached hydrogen (secondary N) is 1. The highest BCUT2D eigenvalue weighted by molar-refractivity contribution is 7.18. The van der Waals surface area contributed by atoms with Crippen LogP contribution < -0.4 is 11.1 Å². The van der Waals surface area contributed by atoms with Gasteiger partial charge in [0, 0.05) is 19.0 Å². The molecule has 0 radical (unpaired) electrons. The molecule has 102 valence electrons. The standard InChI is InChI=1S/C12H17N5OS/c1-6-5-8-9(14-7(2)11(18)17(3)4)15-12(13)16-10(8)19-6/h5,7H,1-4H3,(H3,13,14,15,16). The molecule has 0 aromatic carbocycles. The molecule has 0 aliphatic carbocycles. The van der Waals surface area contributed by atoms with Crippen LogP contribution in [0.25, 0.3) is 10.2 Å². The lowest BCUT2D eigenvalue weighted by atomic mass is 10.2. The quantitative estimate of drug-likeness (QED) is 0.889. The van der Waals surface area contributed by atoms with Gasteiger partial charge in [0.25, 0.3) is 0 Å². The molecule has 1 amide bonds. The van der Waals surface area contributed by atoms with Gasteiger partial charge in [-0.25, -0.2) is 4.98 Å². The van der Waals surface area contributed by atoms with E-state index >= 15 is 0 Å². The van der Waals surface area contributed by atoms with Gasteiger partial charge in [0.1, 0.15) is 16.7 Å². The monoisotopic (exact) mass is 279 g/mol. The number of carbonyl (C=O) groups is 1. The highest BCUT2D eigenvalue weighted by Gasteiger charge is 2.17. The van der Waals surface area contributed by atoms with E-state index in [1.807, 2.05) is 13.0 Å². The number of rotatable bonds is 3. The molecule has 3 N–H and O–H groups in total. The summed E-state index contributed by atoms with van der Waals surface area (Å²) in [5, 5.41) is 4.00. The number of anilines is 2. The number of thiophene rings is 1. The van der Waals surface area contributed by atoms with E-state index in [1.54, 1.807) is 32.4 Å². The predicted molar refractivity (Wildman–Crippen MR) is 78.3 cm³/mol. The van der Waals surface area contributed by atoms with Gasteiger partial charge >= 0.3 is 0 Å². The molecule has 7 heteroatoms. The molecule has 0 saturated carbocycles. The van der Waals surface area contributed by atoms with Gasteiger partial charge in [-0.1, -0.05) is 0 Å². The van der Waals surface area contributed by atoms with Crippen molar-refractivity contribution in [2.24, 2.45) is 0 Å². The smallest absolute Gasteiger partial charge is 0.244 e. The van der Waals surface area contributed by atoms with Crippen molar-refractivity contribution in [2.75, 3.05) is 25.1 Å². The Bertz CT molecular complexity index is 622. The zero-order valence-electron chi connectivity index (χ0n) is 11.4. The maximum atomic E-state index is 11.9. The fourth-order valence-corrected chi connectivity index (χ4v) is 2.71. The Kier molecular flexibility index (Phi) is 3.57.